The molecule has 5 nitrogen and oxygen atoms in total. The molecule has 1 aliphatic rings. The van der Waals surface area contributed by atoms with Crippen LogP contribution in [0.2, 0.25) is 0 Å². The Morgan fingerprint density at radius 3 is 3.00 bits per heavy atom. The van der Waals surface area contributed by atoms with Crippen LogP contribution in [0, 0.1) is 0 Å². The molecule has 0 aromatic heterocycles. The Bertz CT molecular complexity index is 474. The lowest BCUT2D eigenvalue weighted by atomic mass is 10.1. The van der Waals surface area contributed by atoms with Gasteiger partial charge in [-0.25, -0.2) is 0 Å². The van der Waals surface area contributed by atoms with E-state index in [0.29, 0.717) is 31.7 Å². The Balaban J connectivity index is 2.03. The van der Waals surface area contributed by atoms with Crippen LogP contribution in [0.1, 0.15) is 19.8 Å². The number of anilines is 2. The number of amides is 2. The molecule has 5 heteroatoms. The average Bonchev–Trinajstić information content (AvgIpc) is 2.42. The fraction of sp³-hybridized carbons (Fsp3) is 0.429. The first-order valence-electron chi connectivity index (χ1n) is 6.49. The van der Waals surface area contributed by atoms with Crippen LogP contribution in [-0.2, 0) is 14.3 Å². The number of carbonyl (C=O) groups excluding carboxylic acids is 2. The monoisotopic (exact) mass is 262 g/mol. The zero-order valence-electron chi connectivity index (χ0n) is 11.0. The Hall–Kier alpha value is -1.88. The van der Waals surface area contributed by atoms with Gasteiger partial charge in [0, 0.05) is 19.6 Å². The summed E-state index contributed by atoms with van der Waals surface area (Å²) < 4.78 is 5.21. The zero-order valence-corrected chi connectivity index (χ0v) is 11.0. The van der Waals surface area contributed by atoms with E-state index < -0.39 is 0 Å². The Morgan fingerprint density at radius 1 is 1.42 bits per heavy atom. The maximum Gasteiger partial charge on any atom is 0.244 e. The molecule has 1 N–H and O–H groups in total. The lowest BCUT2D eigenvalue weighted by Gasteiger charge is -2.29. The van der Waals surface area contributed by atoms with Crippen LogP contribution < -0.4 is 10.2 Å². The van der Waals surface area contributed by atoms with Crippen molar-refractivity contribution in [3.05, 3.63) is 24.3 Å². The van der Waals surface area contributed by atoms with Gasteiger partial charge in [-0.05, 0) is 25.5 Å². The van der Waals surface area contributed by atoms with Crippen LogP contribution in [0.15, 0.2) is 24.3 Å². The first kappa shape index (κ1) is 13.5. The molecule has 102 valence electrons. The molecule has 0 unspecified atom stereocenters. The zero-order chi connectivity index (χ0) is 13.7. The summed E-state index contributed by atoms with van der Waals surface area (Å²) in [5, 5.41) is 2.76. The first-order valence-corrected chi connectivity index (χ1v) is 6.49. The van der Waals surface area contributed by atoms with Gasteiger partial charge in [-0.2, -0.15) is 0 Å². The number of benzene rings is 1. The first-order chi connectivity index (χ1) is 9.22. The van der Waals surface area contributed by atoms with E-state index in [2.05, 4.69) is 5.32 Å². The van der Waals surface area contributed by atoms with E-state index in [1.165, 1.54) is 0 Å². The highest BCUT2D eigenvalue weighted by Crippen LogP contribution is 2.29. The summed E-state index contributed by atoms with van der Waals surface area (Å²) in [5.74, 6) is -0.195. The minimum absolute atomic E-state index is 0.0398. The van der Waals surface area contributed by atoms with Crippen molar-refractivity contribution in [2.75, 3.05) is 30.0 Å². The van der Waals surface area contributed by atoms with Crippen molar-refractivity contribution < 1.29 is 14.3 Å². The number of nitrogens with zero attached hydrogens (tertiary/aromatic N) is 1. The van der Waals surface area contributed by atoms with E-state index in [9.17, 15) is 9.59 Å². The number of rotatable bonds is 5. The Kier molecular flexibility index (Phi) is 4.52. The molecule has 0 bridgehead atoms. The molecular weight excluding hydrogens is 244 g/mol. The van der Waals surface area contributed by atoms with Crippen molar-refractivity contribution in [2.45, 2.75) is 19.8 Å². The third kappa shape index (κ3) is 3.32. The minimum atomic E-state index is -0.156. The van der Waals surface area contributed by atoms with E-state index in [0.717, 1.165) is 5.69 Å². The van der Waals surface area contributed by atoms with Crippen molar-refractivity contribution in [3.63, 3.8) is 0 Å². The summed E-state index contributed by atoms with van der Waals surface area (Å²) in [6, 6.07) is 7.33. The molecule has 0 atom stereocenters. The molecule has 0 aliphatic carbocycles. The maximum atomic E-state index is 12.2. The third-order valence-corrected chi connectivity index (χ3v) is 2.96. The topological polar surface area (TPSA) is 58.6 Å². The van der Waals surface area contributed by atoms with Crippen LogP contribution in [0.25, 0.3) is 0 Å². The van der Waals surface area contributed by atoms with Gasteiger partial charge in [0.15, 0.2) is 0 Å². The van der Waals surface area contributed by atoms with Crippen LogP contribution in [0.5, 0.6) is 0 Å². The van der Waals surface area contributed by atoms with Crippen LogP contribution >= 0.6 is 0 Å². The Morgan fingerprint density at radius 2 is 2.21 bits per heavy atom. The molecule has 1 aliphatic heterocycles. The van der Waals surface area contributed by atoms with Gasteiger partial charge in [0.1, 0.15) is 6.54 Å². The summed E-state index contributed by atoms with van der Waals surface area (Å²) in [4.78, 5) is 25.3. The number of para-hydroxylation sites is 2. The quantitative estimate of drug-likeness (QED) is 0.823. The standard InChI is InChI=1S/C14H18N2O3/c1-2-19-9-5-8-14(18)16-10-13(17)15-11-6-3-4-7-12(11)16/h3-4,6-7H,2,5,8-10H2,1H3,(H,15,17). The van der Waals surface area contributed by atoms with Gasteiger partial charge in [-0.3, -0.25) is 9.59 Å². The second kappa shape index (κ2) is 6.33. The highest BCUT2D eigenvalue weighted by atomic mass is 16.5. The van der Waals surface area contributed by atoms with Gasteiger partial charge >= 0.3 is 0 Å². The van der Waals surface area contributed by atoms with Gasteiger partial charge in [0.05, 0.1) is 11.4 Å². The second-order valence-electron chi connectivity index (χ2n) is 4.35. The molecule has 2 amide bonds. The van der Waals surface area contributed by atoms with Crippen LogP contribution in [-0.4, -0.2) is 31.6 Å². The highest BCUT2D eigenvalue weighted by molar-refractivity contribution is 6.09. The predicted octanol–water partition coefficient (Wildman–Crippen LogP) is 1.79. The molecule has 0 spiro atoms. The molecule has 2 rings (SSSR count). The molecule has 1 heterocycles. The van der Waals surface area contributed by atoms with E-state index in [4.69, 9.17) is 4.74 Å². The lowest BCUT2D eigenvalue weighted by Crippen LogP contribution is -2.42. The summed E-state index contributed by atoms with van der Waals surface area (Å²) in [7, 11) is 0. The molecule has 0 fully saturated rings. The summed E-state index contributed by atoms with van der Waals surface area (Å²) in [6.07, 6.45) is 1.06. The third-order valence-electron chi connectivity index (χ3n) is 2.96. The fourth-order valence-electron chi connectivity index (χ4n) is 2.06. The second-order valence-corrected chi connectivity index (χ2v) is 4.35. The molecule has 1 aromatic rings. The van der Waals surface area contributed by atoms with Gasteiger partial charge in [0.2, 0.25) is 11.8 Å². The van der Waals surface area contributed by atoms with Crippen molar-refractivity contribution in [2.24, 2.45) is 0 Å². The van der Waals surface area contributed by atoms with Crippen LogP contribution in [0.4, 0.5) is 11.4 Å². The number of ether oxygens (including phenoxy) is 1. The molecular formula is C14H18N2O3. The van der Waals surface area contributed by atoms with Crippen molar-refractivity contribution >= 4 is 23.2 Å². The summed E-state index contributed by atoms with van der Waals surface area (Å²) in [6.45, 7) is 3.24. The van der Waals surface area contributed by atoms with Crippen molar-refractivity contribution in [1.29, 1.82) is 0 Å². The number of nitrogens with one attached hydrogen (secondary N) is 1. The van der Waals surface area contributed by atoms with Gasteiger partial charge in [-0.1, -0.05) is 12.1 Å². The van der Waals surface area contributed by atoms with E-state index in [1.54, 1.807) is 11.0 Å². The highest BCUT2D eigenvalue weighted by Gasteiger charge is 2.25. The molecule has 19 heavy (non-hydrogen) atoms. The minimum Gasteiger partial charge on any atom is -0.382 e. The summed E-state index contributed by atoms with van der Waals surface area (Å²) >= 11 is 0. The molecule has 0 saturated heterocycles. The number of hydrogen-bond donors (Lipinski definition) is 1. The number of carbonyl (C=O) groups is 2. The lowest BCUT2D eigenvalue weighted by molar-refractivity contribution is -0.122. The maximum absolute atomic E-state index is 12.2. The summed E-state index contributed by atoms with van der Waals surface area (Å²) in [5.41, 5.74) is 1.46. The SMILES string of the molecule is CCOCCCC(=O)N1CC(=O)Nc2ccccc21. The fourth-order valence-corrected chi connectivity index (χ4v) is 2.06. The molecule has 0 saturated carbocycles. The number of fused-ring (bicyclic) bond motifs is 1. The smallest absolute Gasteiger partial charge is 0.244 e. The van der Waals surface area contributed by atoms with E-state index in [1.807, 2.05) is 25.1 Å². The van der Waals surface area contributed by atoms with Crippen LogP contribution in [0.3, 0.4) is 0 Å². The average molecular weight is 262 g/mol. The number of hydrogen-bond acceptors (Lipinski definition) is 3. The van der Waals surface area contributed by atoms with Gasteiger partial charge in [-0.15, -0.1) is 0 Å². The van der Waals surface area contributed by atoms with E-state index >= 15 is 0 Å². The van der Waals surface area contributed by atoms with Crippen molar-refractivity contribution in [1.82, 2.24) is 0 Å². The van der Waals surface area contributed by atoms with Gasteiger partial charge < -0.3 is 15.0 Å². The molecule has 0 radical (unpaired) electrons. The Labute approximate surface area is 112 Å². The molecule has 1 aromatic carbocycles. The normalized spacial score (nSPS) is 13.9. The largest absolute Gasteiger partial charge is 0.382 e. The van der Waals surface area contributed by atoms with Crippen molar-refractivity contribution in [3.8, 4) is 0 Å². The van der Waals surface area contributed by atoms with E-state index in [-0.39, 0.29) is 18.4 Å². The van der Waals surface area contributed by atoms with Gasteiger partial charge in [0.25, 0.3) is 0 Å². The predicted molar refractivity (Wildman–Crippen MR) is 73.2 cm³/mol.